The van der Waals surface area contributed by atoms with E-state index in [1.807, 2.05) is 25.1 Å². The summed E-state index contributed by atoms with van der Waals surface area (Å²) in [6.07, 6.45) is -2.30. The van der Waals surface area contributed by atoms with Crippen molar-refractivity contribution < 1.29 is 32.0 Å². The summed E-state index contributed by atoms with van der Waals surface area (Å²) in [6, 6.07) is 8.97. The number of anilines is 1. The van der Waals surface area contributed by atoms with Gasteiger partial charge >= 0.3 is 6.18 Å². The Morgan fingerprint density at radius 2 is 1.81 bits per heavy atom. The van der Waals surface area contributed by atoms with E-state index < -0.39 is 22.4 Å². The quantitative estimate of drug-likeness (QED) is 0.211. The van der Waals surface area contributed by atoms with Gasteiger partial charge in [0.25, 0.3) is 5.69 Å². The lowest BCUT2D eigenvalue weighted by Crippen LogP contribution is -2.49. The molecule has 0 bridgehead atoms. The Bertz CT molecular complexity index is 1480. The van der Waals surface area contributed by atoms with Gasteiger partial charge in [-0.05, 0) is 56.9 Å². The lowest BCUT2D eigenvalue weighted by molar-refractivity contribution is -0.388. The van der Waals surface area contributed by atoms with Gasteiger partial charge in [0, 0.05) is 56.4 Å². The van der Waals surface area contributed by atoms with E-state index in [4.69, 9.17) is 20.8 Å². The lowest BCUT2D eigenvalue weighted by Gasteiger charge is -2.37. The molecule has 5 rings (SSSR count). The fraction of sp³-hybridized carbons (Fsp3) is 0.500. The normalized spacial score (nSPS) is 20.0. The number of furan rings is 1. The van der Waals surface area contributed by atoms with Crippen LogP contribution in [0, 0.1) is 17.0 Å². The van der Waals surface area contributed by atoms with Crippen LogP contribution in [0.3, 0.4) is 0 Å². The highest BCUT2D eigenvalue weighted by molar-refractivity contribution is 6.36. The predicted molar refractivity (Wildman–Crippen MR) is 156 cm³/mol. The average Bonchev–Trinajstić information content (AvgIpc) is 3.29. The third-order valence-corrected chi connectivity index (χ3v) is 8.88. The van der Waals surface area contributed by atoms with Gasteiger partial charge in [0.05, 0.1) is 22.6 Å². The van der Waals surface area contributed by atoms with Gasteiger partial charge in [-0.2, -0.15) is 13.2 Å². The van der Waals surface area contributed by atoms with Crippen molar-refractivity contribution in [2.24, 2.45) is 0 Å². The van der Waals surface area contributed by atoms with E-state index in [9.17, 15) is 28.1 Å². The minimum absolute atomic E-state index is 0.0166. The van der Waals surface area contributed by atoms with Crippen molar-refractivity contribution in [1.29, 1.82) is 0 Å². The molecule has 0 N–H and O–H groups in total. The summed E-state index contributed by atoms with van der Waals surface area (Å²) in [5, 5.41) is 12.6. The molecule has 2 aromatic carbocycles. The van der Waals surface area contributed by atoms with Crippen LogP contribution in [0.5, 0.6) is 0 Å². The minimum atomic E-state index is -4.83. The van der Waals surface area contributed by atoms with Crippen molar-refractivity contribution in [1.82, 2.24) is 9.80 Å². The van der Waals surface area contributed by atoms with Gasteiger partial charge in [0.2, 0.25) is 5.91 Å². The largest absolute Gasteiger partial charge is 0.458 e. The molecule has 43 heavy (non-hydrogen) atoms. The Morgan fingerprint density at radius 1 is 1.12 bits per heavy atom. The molecule has 1 amide bonds. The second-order valence-electron chi connectivity index (χ2n) is 11.3. The van der Waals surface area contributed by atoms with Gasteiger partial charge in [-0.25, -0.2) is 0 Å². The van der Waals surface area contributed by atoms with Crippen LogP contribution in [-0.2, 0) is 22.3 Å². The van der Waals surface area contributed by atoms with Crippen molar-refractivity contribution in [2.45, 2.75) is 57.5 Å². The number of piperazine rings is 1. The molecule has 2 fully saturated rings. The van der Waals surface area contributed by atoms with Crippen molar-refractivity contribution in [2.75, 3.05) is 44.7 Å². The molecule has 9 nitrogen and oxygen atoms in total. The number of carbonyl (C=O) groups is 1. The highest BCUT2D eigenvalue weighted by Crippen LogP contribution is 2.39. The maximum Gasteiger partial charge on any atom is 0.423 e. The van der Waals surface area contributed by atoms with Crippen LogP contribution < -0.4 is 4.90 Å². The molecule has 232 valence electrons. The molecule has 1 aromatic heterocycles. The third kappa shape index (κ3) is 7.08. The van der Waals surface area contributed by atoms with Gasteiger partial charge in [0.15, 0.2) is 0 Å². The molecular weight excluding hydrogens is 589 g/mol. The van der Waals surface area contributed by atoms with E-state index in [1.165, 1.54) is 6.07 Å². The summed E-state index contributed by atoms with van der Waals surface area (Å²) in [6.45, 7) is 5.09. The summed E-state index contributed by atoms with van der Waals surface area (Å²) < 4.78 is 52.2. The van der Waals surface area contributed by atoms with Gasteiger partial charge in [0.1, 0.15) is 23.5 Å². The number of hydrogen-bond donors (Lipinski definition) is 0. The molecule has 1 aliphatic heterocycles. The Hall–Kier alpha value is -3.35. The molecule has 1 saturated carbocycles. The van der Waals surface area contributed by atoms with E-state index >= 15 is 0 Å². The molecule has 0 spiro atoms. The Morgan fingerprint density at radius 3 is 2.47 bits per heavy atom. The van der Waals surface area contributed by atoms with Crippen LogP contribution in [0.2, 0.25) is 5.02 Å². The molecule has 1 aliphatic carbocycles. The number of nitro groups is 1. The number of halogens is 4. The van der Waals surface area contributed by atoms with E-state index in [2.05, 4.69) is 4.90 Å². The number of nitro benzene ring substituents is 1. The van der Waals surface area contributed by atoms with Crippen molar-refractivity contribution in [3.05, 3.63) is 68.4 Å². The van der Waals surface area contributed by atoms with E-state index in [1.54, 1.807) is 16.8 Å². The smallest absolute Gasteiger partial charge is 0.423 e. The second kappa shape index (κ2) is 12.7. The maximum atomic E-state index is 13.4. The molecule has 1 saturated heterocycles. The number of amides is 1. The third-order valence-electron chi connectivity index (χ3n) is 8.47. The van der Waals surface area contributed by atoms with E-state index in [0.29, 0.717) is 63.4 Å². The minimum Gasteiger partial charge on any atom is -0.458 e. The number of nitrogens with zero attached hydrogens (tertiary/aromatic N) is 4. The number of aryl methyl sites for hydroxylation is 1. The van der Waals surface area contributed by atoms with Crippen LogP contribution in [0.4, 0.5) is 24.5 Å². The Labute approximate surface area is 252 Å². The zero-order valence-electron chi connectivity index (χ0n) is 24.0. The number of ether oxygens (including phenoxy) is 1. The summed E-state index contributed by atoms with van der Waals surface area (Å²) in [5.41, 5.74) is -0.0692. The molecule has 13 heteroatoms. The average molecular weight is 623 g/mol. The molecule has 0 radical (unpaired) electrons. The lowest BCUT2D eigenvalue weighted by atomic mass is 9.91. The topological polar surface area (TPSA) is 92.3 Å². The summed E-state index contributed by atoms with van der Waals surface area (Å²) >= 11 is 6.57. The number of alkyl halides is 3. The molecule has 0 atom stereocenters. The second-order valence-corrected chi connectivity index (χ2v) is 11.7. The summed E-state index contributed by atoms with van der Waals surface area (Å²) in [4.78, 5) is 28.6. The summed E-state index contributed by atoms with van der Waals surface area (Å²) in [5.74, 6) is 0.655. The first-order chi connectivity index (χ1) is 20.4. The number of hydrogen-bond acceptors (Lipinski definition) is 7. The molecule has 3 aromatic rings. The SMILES string of the molecule is Cc1ccc2oc(CN3CCN(C(=O)CO[C@H]4CC[C@H](N(C)c5ccc([N+](=O)[O-])c(C(F)(F)F)c5)CC4)CC3)c(Cl)c2c1. The molecule has 0 unspecified atom stereocenters. The van der Waals surface area contributed by atoms with Gasteiger partial charge in [-0.15, -0.1) is 0 Å². The van der Waals surface area contributed by atoms with Crippen LogP contribution in [0.15, 0.2) is 40.8 Å². The Balaban J connectivity index is 1.06. The highest BCUT2D eigenvalue weighted by Gasteiger charge is 2.39. The molecular formula is C30H34ClF3N4O5. The van der Waals surface area contributed by atoms with Crippen molar-refractivity contribution in [3.63, 3.8) is 0 Å². The zero-order valence-corrected chi connectivity index (χ0v) is 24.8. The number of fused-ring (bicyclic) bond motifs is 1. The van der Waals surface area contributed by atoms with Gasteiger partial charge < -0.3 is 19.0 Å². The number of rotatable bonds is 8. The van der Waals surface area contributed by atoms with E-state index in [0.717, 1.165) is 34.4 Å². The maximum absolute atomic E-state index is 13.4. The predicted octanol–water partition coefficient (Wildman–Crippen LogP) is 6.43. The first kappa shape index (κ1) is 31.1. The first-order valence-electron chi connectivity index (χ1n) is 14.3. The number of carbonyl (C=O) groups excluding carboxylic acids is 1. The van der Waals surface area contributed by atoms with Gasteiger partial charge in [-0.3, -0.25) is 19.8 Å². The number of benzene rings is 2. The summed E-state index contributed by atoms with van der Waals surface area (Å²) in [7, 11) is 1.69. The van der Waals surface area contributed by atoms with Crippen molar-refractivity contribution in [3.8, 4) is 0 Å². The fourth-order valence-electron chi connectivity index (χ4n) is 5.91. The standard InChI is InChI=1S/C30H34ClF3N4O5/c1-19-3-10-26-23(15-19)29(31)27(43-26)17-36-11-13-37(14-12-36)28(39)18-42-22-7-4-20(5-8-22)35(2)21-6-9-25(38(40)41)24(16-21)30(32,33)34/h3,6,9-10,15-16,20,22H,4-5,7-8,11-14,17-18H2,1-2H3/t20-,22-. The highest BCUT2D eigenvalue weighted by atomic mass is 35.5. The van der Waals surface area contributed by atoms with Crippen molar-refractivity contribution >= 4 is 39.9 Å². The fourth-order valence-corrected chi connectivity index (χ4v) is 6.16. The van der Waals surface area contributed by atoms with Crippen LogP contribution in [0.1, 0.15) is 42.6 Å². The molecule has 2 heterocycles. The zero-order chi connectivity index (χ0) is 30.9. The van der Waals surface area contributed by atoms with E-state index in [-0.39, 0.29) is 30.3 Å². The monoisotopic (exact) mass is 622 g/mol. The van der Waals surface area contributed by atoms with Gasteiger partial charge in [-0.1, -0.05) is 23.2 Å². The molecule has 2 aliphatic rings. The Kier molecular flexibility index (Phi) is 9.19. The van der Waals surface area contributed by atoms with Crippen LogP contribution >= 0.6 is 11.6 Å². The van der Waals surface area contributed by atoms with Crippen LogP contribution in [0.25, 0.3) is 11.0 Å². The van der Waals surface area contributed by atoms with Crippen LogP contribution in [-0.4, -0.2) is 72.6 Å². The first-order valence-corrected chi connectivity index (χ1v) is 14.7.